The molecule has 7 nitrogen and oxygen atoms in total. The van der Waals surface area contributed by atoms with Gasteiger partial charge in [-0.05, 0) is 30.9 Å². The van der Waals surface area contributed by atoms with Crippen LogP contribution in [-0.2, 0) is 14.4 Å². The molecule has 0 radical (unpaired) electrons. The van der Waals surface area contributed by atoms with Crippen LogP contribution in [0.1, 0.15) is 12.8 Å². The molecular weight excluding hydrogens is 298 g/mol. The Hall–Kier alpha value is -2.57. The molecule has 0 aromatic heterocycles. The molecule has 0 bridgehead atoms. The van der Waals surface area contributed by atoms with Crippen LogP contribution in [0.4, 0.5) is 0 Å². The number of para-hydroxylation sites is 1. The summed E-state index contributed by atoms with van der Waals surface area (Å²) >= 11 is 0. The van der Waals surface area contributed by atoms with E-state index in [4.69, 9.17) is 10.5 Å². The van der Waals surface area contributed by atoms with Crippen LogP contribution in [0.3, 0.4) is 0 Å². The number of hydrogen-bond donors (Lipinski definition) is 2. The van der Waals surface area contributed by atoms with Crippen LogP contribution in [0.2, 0.25) is 0 Å². The first kappa shape index (κ1) is 16.8. The minimum atomic E-state index is -0.976. The summed E-state index contributed by atoms with van der Waals surface area (Å²) < 4.78 is 5.45. The Balaban J connectivity index is 1.68. The molecule has 3 amide bonds. The molecule has 1 heterocycles. The molecule has 2 rings (SSSR count). The van der Waals surface area contributed by atoms with Crippen molar-refractivity contribution in [1.82, 2.24) is 10.2 Å². The smallest absolute Gasteiger partial charge is 0.309 e. The Bertz CT molecular complexity index is 554. The van der Waals surface area contributed by atoms with Crippen molar-refractivity contribution in [3.8, 4) is 5.75 Å². The molecule has 0 unspecified atom stereocenters. The minimum absolute atomic E-state index is 0.0209. The van der Waals surface area contributed by atoms with Crippen molar-refractivity contribution >= 4 is 17.7 Å². The number of nitrogens with two attached hydrogens (primary N) is 1. The third kappa shape index (κ3) is 5.28. The van der Waals surface area contributed by atoms with Crippen LogP contribution in [0.25, 0.3) is 0 Å². The van der Waals surface area contributed by atoms with E-state index in [2.05, 4.69) is 5.32 Å². The Morgan fingerprint density at radius 1 is 1.17 bits per heavy atom. The Labute approximate surface area is 134 Å². The summed E-state index contributed by atoms with van der Waals surface area (Å²) in [5, 5.41) is 2.50. The zero-order valence-corrected chi connectivity index (χ0v) is 12.9. The molecule has 23 heavy (non-hydrogen) atoms. The first-order valence-electron chi connectivity index (χ1n) is 7.59. The molecule has 1 aromatic rings. The van der Waals surface area contributed by atoms with E-state index in [1.165, 1.54) is 0 Å². The summed E-state index contributed by atoms with van der Waals surface area (Å²) in [6.45, 7) is 1.67. The molecule has 7 heteroatoms. The lowest BCUT2D eigenvalue weighted by Gasteiger charge is -2.32. The van der Waals surface area contributed by atoms with E-state index >= 15 is 0 Å². The highest BCUT2D eigenvalue weighted by atomic mass is 16.5. The maximum absolute atomic E-state index is 12.1. The zero-order chi connectivity index (χ0) is 16.7. The number of amides is 3. The maximum atomic E-state index is 12.1. The zero-order valence-electron chi connectivity index (χ0n) is 12.9. The Morgan fingerprint density at radius 3 is 2.43 bits per heavy atom. The summed E-state index contributed by atoms with van der Waals surface area (Å²) in [4.78, 5) is 35.6. The van der Waals surface area contributed by atoms with E-state index in [9.17, 15) is 14.4 Å². The van der Waals surface area contributed by atoms with Crippen LogP contribution >= 0.6 is 0 Å². The van der Waals surface area contributed by atoms with Gasteiger partial charge in [0.1, 0.15) is 5.75 Å². The molecule has 0 atom stereocenters. The van der Waals surface area contributed by atoms with Gasteiger partial charge in [0, 0.05) is 19.6 Å². The topological polar surface area (TPSA) is 102 Å². The average Bonchev–Trinajstić information content (AvgIpc) is 2.58. The number of nitrogens with one attached hydrogen (secondary N) is 1. The molecule has 1 aliphatic rings. The quantitative estimate of drug-likeness (QED) is 0.740. The van der Waals surface area contributed by atoms with Gasteiger partial charge in [-0.3, -0.25) is 14.4 Å². The van der Waals surface area contributed by atoms with Gasteiger partial charge < -0.3 is 20.7 Å². The highest BCUT2D eigenvalue weighted by Gasteiger charge is 2.23. The minimum Gasteiger partial charge on any atom is -0.484 e. The third-order valence-electron chi connectivity index (χ3n) is 3.85. The second kappa shape index (κ2) is 8.17. The van der Waals surface area contributed by atoms with Gasteiger partial charge in [0.15, 0.2) is 6.61 Å². The molecule has 1 aromatic carbocycles. The molecule has 124 valence electrons. The van der Waals surface area contributed by atoms with Crippen LogP contribution in [-0.4, -0.2) is 48.9 Å². The second-order valence-corrected chi connectivity index (χ2v) is 5.50. The number of hydrogen-bond acceptors (Lipinski definition) is 4. The van der Waals surface area contributed by atoms with E-state index in [0.29, 0.717) is 25.4 Å². The van der Waals surface area contributed by atoms with E-state index in [1.54, 1.807) is 17.0 Å². The van der Waals surface area contributed by atoms with Crippen molar-refractivity contribution in [3.63, 3.8) is 0 Å². The van der Waals surface area contributed by atoms with Gasteiger partial charge in [-0.1, -0.05) is 18.2 Å². The van der Waals surface area contributed by atoms with Crippen molar-refractivity contribution in [2.75, 3.05) is 26.2 Å². The van der Waals surface area contributed by atoms with Crippen molar-refractivity contribution in [2.24, 2.45) is 11.7 Å². The molecular formula is C16H21N3O4. The number of nitrogens with zero attached hydrogens (tertiary/aromatic N) is 1. The van der Waals surface area contributed by atoms with Crippen LogP contribution < -0.4 is 15.8 Å². The van der Waals surface area contributed by atoms with E-state index in [-0.39, 0.29) is 18.4 Å². The van der Waals surface area contributed by atoms with Gasteiger partial charge in [0.2, 0.25) is 0 Å². The number of benzene rings is 1. The SMILES string of the molecule is NC(=O)C(=O)NCC1CCN(C(=O)COc2ccccc2)CC1. The number of likely N-dealkylation sites (tertiary alicyclic amines) is 1. The first-order valence-corrected chi connectivity index (χ1v) is 7.59. The summed E-state index contributed by atoms with van der Waals surface area (Å²) in [7, 11) is 0. The standard InChI is InChI=1S/C16H21N3O4/c17-15(21)16(22)18-10-12-6-8-19(9-7-12)14(20)11-23-13-4-2-1-3-5-13/h1-5,12H,6-11H2,(H2,17,21)(H,18,22). The fourth-order valence-corrected chi connectivity index (χ4v) is 2.46. The van der Waals surface area contributed by atoms with Gasteiger partial charge in [-0.15, -0.1) is 0 Å². The van der Waals surface area contributed by atoms with E-state index in [0.717, 1.165) is 12.8 Å². The number of carbonyl (C=O) groups is 3. The lowest BCUT2D eigenvalue weighted by Crippen LogP contribution is -2.44. The Kier molecular flexibility index (Phi) is 5.96. The van der Waals surface area contributed by atoms with E-state index < -0.39 is 11.8 Å². The van der Waals surface area contributed by atoms with Gasteiger partial charge in [-0.25, -0.2) is 0 Å². The first-order chi connectivity index (χ1) is 11.1. The van der Waals surface area contributed by atoms with Gasteiger partial charge in [0.25, 0.3) is 5.91 Å². The van der Waals surface area contributed by atoms with Crippen LogP contribution in [0.15, 0.2) is 30.3 Å². The largest absolute Gasteiger partial charge is 0.484 e. The van der Waals surface area contributed by atoms with Gasteiger partial charge >= 0.3 is 11.8 Å². The van der Waals surface area contributed by atoms with Crippen molar-refractivity contribution in [1.29, 1.82) is 0 Å². The molecule has 1 aliphatic heterocycles. The molecule has 3 N–H and O–H groups in total. The monoisotopic (exact) mass is 319 g/mol. The Morgan fingerprint density at radius 2 is 1.83 bits per heavy atom. The summed E-state index contributed by atoms with van der Waals surface area (Å²) in [6.07, 6.45) is 1.55. The third-order valence-corrected chi connectivity index (χ3v) is 3.85. The number of piperidine rings is 1. The highest BCUT2D eigenvalue weighted by molar-refractivity contribution is 6.34. The lowest BCUT2D eigenvalue weighted by atomic mass is 9.97. The number of ether oxygens (including phenoxy) is 1. The summed E-state index contributed by atoms with van der Waals surface area (Å²) in [5.74, 6) is -0.869. The van der Waals surface area contributed by atoms with Crippen LogP contribution in [0, 0.1) is 5.92 Å². The molecule has 0 saturated carbocycles. The predicted molar refractivity (Wildman–Crippen MR) is 83.4 cm³/mol. The maximum Gasteiger partial charge on any atom is 0.309 e. The van der Waals surface area contributed by atoms with E-state index in [1.807, 2.05) is 18.2 Å². The molecule has 1 fully saturated rings. The lowest BCUT2D eigenvalue weighted by molar-refractivity contribution is -0.137. The normalized spacial score (nSPS) is 15.0. The van der Waals surface area contributed by atoms with Crippen molar-refractivity contribution in [3.05, 3.63) is 30.3 Å². The van der Waals surface area contributed by atoms with Crippen molar-refractivity contribution < 1.29 is 19.1 Å². The molecule has 0 aliphatic carbocycles. The van der Waals surface area contributed by atoms with Gasteiger partial charge in [-0.2, -0.15) is 0 Å². The predicted octanol–water partition coefficient (Wildman–Crippen LogP) is -0.0945. The average molecular weight is 319 g/mol. The fraction of sp³-hybridized carbons (Fsp3) is 0.438. The number of carbonyl (C=O) groups excluding carboxylic acids is 3. The van der Waals surface area contributed by atoms with Crippen molar-refractivity contribution in [2.45, 2.75) is 12.8 Å². The molecule has 0 spiro atoms. The number of primary amides is 1. The number of rotatable bonds is 5. The van der Waals surface area contributed by atoms with Gasteiger partial charge in [0.05, 0.1) is 0 Å². The second-order valence-electron chi connectivity index (χ2n) is 5.50. The highest BCUT2D eigenvalue weighted by Crippen LogP contribution is 2.17. The summed E-state index contributed by atoms with van der Waals surface area (Å²) in [5.41, 5.74) is 4.88. The van der Waals surface area contributed by atoms with Crippen LogP contribution in [0.5, 0.6) is 5.75 Å². The molecule has 1 saturated heterocycles. The summed E-state index contributed by atoms with van der Waals surface area (Å²) in [6, 6.07) is 9.20. The fourth-order valence-electron chi connectivity index (χ4n) is 2.46.